The van der Waals surface area contributed by atoms with Crippen molar-refractivity contribution >= 4 is 11.0 Å². The third-order valence-electron chi connectivity index (χ3n) is 3.40. The van der Waals surface area contributed by atoms with E-state index >= 15 is 0 Å². The second kappa shape index (κ2) is 4.79. The molecule has 1 aromatic carbocycles. The van der Waals surface area contributed by atoms with Gasteiger partial charge in [-0.2, -0.15) is 0 Å². The van der Waals surface area contributed by atoms with Crippen LogP contribution in [0.15, 0.2) is 65.8 Å². The topological polar surface area (TPSA) is 64.7 Å². The first kappa shape index (κ1) is 11.7. The van der Waals surface area contributed by atoms with Crippen molar-refractivity contribution in [2.24, 2.45) is 0 Å². The van der Waals surface area contributed by atoms with Crippen LogP contribution in [-0.4, -0.2) is 20.3 Å². The highest BCUT2D eigenvalue weighted by Crippen LogP contribution is 2.33. The number of fused-ring (bicyclic) bond motifs is 1. The highest BCUT2D eigenvalue weighted by Gasteiger charge is 2.14. The molecule has 0 spiro atoms. The number of hydrogen-bond donors (Lipinski definition) is 0. The summed E-state index contributed by atoms with van der Waals surface area (Å²) in [6.45, 7) is 0. The molecule has 4 rings (SSSR count). The number of aromatic nitrogens is 4. The smallest absolute Gasteiger partial charge is 0.143 e. The maximum absolute atomic E-state index is 4.96. The second-order valence-electron chi connectivity index (χ2n) is 4.59. The van der Waals surface area contributed by atoms with Crippen molar-refractivity contribution in [3.63, 3.8) is 0 Å². The SMILES string of the molecule is c1cc(-c2ccc(-c3ccncc3)c3nonc23)ccn1. The Kier molecular flexibility index (Phi) is 2.67. The molecule has 21 heavy (non-hydrogen) atoms. The zero-order valence-electron chi connectivity index (χ0n) is 11.0. The largest absolute Gasteiger partial charge is 0.265 e. The fraction of sp³-hybridized carbons (Fsp3) is 0. The van der Waals surface area contributed by atoms with Crippen LogP contribution in [0, 0.1) is 0 Å². The lowest BCUT2D eigenvalue weighted by molar-refractivity contribution is 0.315. The Morgan fingerprint density at radius 3 is 1.43 bits per heavy atom. The average Bonchev–Trinajstić information content (AvgIpc) is 3.05. The molecule has 0 aliphatic carbocycles. The molecule has 0 unspecified atom stereocenters. The van der Waals surface area contributed by atoms with Gasteiger partial charge < -0.3 is 0 Å². The molecule has 0 atom stereocenters. The number of nitrogens with zero attached hydrogens (tertiary/aromatic N) is 4. The first-order chi connectivity index (χ1) is 10.4. The zero-order chi connectivity index (χ0) is 14.1. The van der Waals surface area contributed by atoms with E-state index < -0.39 is 0 Å². The quantitative estimate of drug-likeness (QED) is 0.561. The third-order valence-corrected chi connectivity index (χ3v) is 3.40. The lowest BCUT2D eigenvalue weighted by atomic mass is 9.99. The first-order valence-electron chi connectivity index (χ1n) is 6.49. The van der Waals surface area contributed by atoms with Crippen molar-refractivity contribution in [1.82, 2.24) is 20.3 Å². The molecule has 0 saturated carbocycles. The summed E-state index contributed by atoms with van der Waals surface area (Å²) < 4.78 is 4.96. The number of hydrogen-bond acceptors (Lipinski definition) is 5. The van der Waals surface area contributed by atoms with Crippen LogP contribution in [0.3, 0.4) is 0 Å². The fourth-order valence-corrected chi connectivity index (χ4v) is 2.40. The molecular formula is C16H10N4O. The zero-order valence-corrected chi connectivity index (χ0v) is 11.0. The third kappa shape index (κ3) is 1.95. The molecular weight excluding hydrogens is 264 g/mol. The van der Waals surface area contributed by atoms with Crippen molar-refractivity contribution in [3.05, 3.63) is 61.2 Å². The summed E-state index contributed by atoms with van der Waals surface area (Å²) in [4.78, 5) is 8.07. The standard InChI is InChI=1S/C16H10N4O/c1-2-14(12-5-9-18-10-6-12)16-15(19-21-20-16)13(1)11-3-7-17-8-4-11/h1-10H. The number of benzene rings is 1. The van der Waals surface area contributed by atoms with E-state index in [1.807, 2.05) is 36.4 Å². The molecule has 0 aliphatic rings. The van der Waals surface area contributed by atoms with E-state index in [-0.39, 0.29) is 0 Å². The number of rotatable bonds is 2. The highest BCUT2D eigenvalue weighted by atomic mass is 16.6. The Balaban J connectivity index is 1.97. The van der Waals surface area contributed by atoms with E-state index in [2.05, 4.69) is 20.3 Å². The predicted molar refractivity (Wildman–Crippen MR) is 78.3 cm³/mol. The number of pyridine rings is 2. The lowest BCUT2D eigenvalue weighted by Gasteiger charge is -2.05. The minimum Gasteiger partial charge on any atom is -0.265 e. The molecule has 100 valence electrons. The Bertz CT molecular complexity index is 814. The van der Waals surface area contributed by atoms with Crippen molar-refractivity contribution in [3.8, 4) is 22.3 Å². The van der Waals surface area contributed by atoms with Crippen molar-refractivity contribution in [2.45, 2.75) is 0 Å². The lowest BCUT2D eigenvalue weighted by Crippen LogP contribution is -1.86. The molecule has 0 amide bonds. The van der Waals surface area contributed by atoms with Gasteiger partial charge in [-0.05, 0) is 45.7 Å². The van der Waals surface area contributed by atoms with E-state index in [9.17, 15) is 0 Å². The van der Waals surface area contributed by atoms with E-state index in [4.69, 9.17) is 4.63 Å². The monoisotopic (exact) mass is 274 g/mol. The molecule has 5 nitrogen and oxygen atoms in total. The first-order valence-corrected chi connectivity index (χ1v) is 6.49. The van der Waals surface area contributed by atoms with Crippen LogP contribution >= 0.6 is 0 Å². The summed E-state index contributed by atoms with van der Waals surface area (Å²) in [6, 6.07) is 11.8. The molecule has 0 aliphatic heterocycles. The molecule has 0 fully saturated rings. The van der Waals surface area contributed by atoms with E-state index in [1.54, 1.807) is 24.8 Å². The van der Waals surface area contributed by atoms with Gasteiger partial charge >= 0.3 is 0 Å². The van der Waals surface area contributed by atoms with Crippen molar-refractivity contribution in [2.75, 3.05) is 0 Å². The summed E-state index contributed by atoms with van der Waals surface area (Å²) in [5, 5.41) is 8.12. The Hall–Kier alpha value is -3.08. The van der Waals surface area contributed by atoms with Gasteiger partial charge in [0.25, 0.3) is 0 Å². The van der Waals surface area contributed by atoms with Gasteiger partial charge in [0.05, 0.1) is 0 Å². The summed E-state index contributed by atoms with van der Waals surface area (Å²) in [6.07, 6.45) is 7.02. The molecule has 0 radical (unpaired) electrons. The molecule has 0 N–H and O–H groups in total. The highest BCUT2D eigenvalue weighted by molar-refractivity contribution is 5.99. The Labute approximate surface area is 120 Å². The maximum atomic E-state index is 4.96. The molecule has 3 aromatic heterocycles. The van der Waals surface area contributed by atoms with Crippen LogP contribution in [0.25, 0.3) is 33.3 Å². The molecule has 5 heteroatoms. The van der Waals surface area contributed by atoms with Gasteiger partial charge in [0.1, 0.15) is 11.0 Å². The average molecular weight is 274 g/mol. The minimum absolute atomic E-state index is 0.746. The minimum atomic E-state index is 0.746. The summed E-state index contributed by atoms with van der Waals surface area (Å²) in [7, 11) is 0. The van der Waals surface area contributed by atoms with Crippen LogP contribution < -0.4 is 0 Å². The van der Waals surface area contributed by atoms with Gasteiger partial charge in [0.2, 0.25) is 0 Å². The van der Waals surface area contributed by atoms with Gasteiger partial charge in [0.15, 0.2) is 0 Å². The van der Waals surface area contributed by atoms with Gasteiger partial charge in [-0.1, -0.05) is 12.1 Å². The van der Waals surface area contributed by atoms with Gasteiger partial charge in [0, 0.05) is 35.9 Å². The van der Waals surface area contributed by atoms with Crippen molar-refractivity contribution < 1.29 is 4.63 Å². The van der Waals surface area contributed by atoms with Gasteiger partial charge in [-0.25, -0.2) is 4.63 Å². The molecule has 3 heterocycles. The molecule has 4 aromatic rings. The van der Waals surface area contributed by atoms with E-state index in [0.717, 1.165) is 33.3 Å². The van der Waals surface area contributed by atoms with Crippen LogP contribution in [0.4, 0.5) is 0 Å². The van der Waals surface area contributed by atoms with Crippen LogP contribution in [0.1, 0.15) is 0 Å². The maximum Gasteiger partial charge on any atom is 0.143 e. The predicted octanol–water partition coefficient (Wildman–Crippen LogP) is 3.35. The fourth-order valence-electron chi connectivity index (χ4n) is 2.40. The molecule has 0 bridgehead atoms. The van der Waals surface area contributed by atoms with Gasteiger partial charge in [-0.15, -0.1) is 0 Å². The van der Waals surface area contributed by atoms with Gasteiger partial charge in [-0.3, -0.25) is 9.97 Å². The Morgan fingerprint density at radius 2 is 1.00 bits per heavy atom. The normalized spacial score (nSPS) is 10.9. The van der Waals surface area contributed by atoms with E-state index in [0.29, 0.717) is 0 Å². The van der Waals surface area contributed by atoms with E-state index in [1.165, 1.54) is 0 Å². The summed E-state index contributed by atoms with van der Waals surface area (Å²) in [5.74, 6) is 0. The van der Waals surface area contributed by atoms with Crippen molar-refractivity contribution in [1.29, 1.82) is 0 Å². The van der Waals surface area contributed by atoms with Crippen LogP contribution in [0.2, 0.25) is 0 Å². The second-order valence-corrected chi connectivity index (χ2v) is 4.59. The van der Waals surface area contributed by atoms with Crippen LogP contribution in [0.5, 0.6) is 0 Å². The summed E-state index contributed by atoms with van der Waals surface area (Å²) in [5.41, 5.74) is 5.52. The molecule has 0 saturated heterocycles. The Morgan fingerprint density at radius 1 is 0.571 bits per heavy atom. The van der Waals surface area contributed by atoms with Crippen LogP contribution in [-0.2, 0) is 0 Å². The summed E-state index contributed by atoms with van der Waals surface area (Å²) >= 11 is 0.